The first-order valence-corrected chi connectivity index (χ1v) is 9.05. The minimum Gasteiger partial charge on any atom is -0.464 e. The fourth-order valence-electron chi connectivity index (χ4n) is 3.83. The van der Waals surface area contributed by atoms with E-state index in [-0.39, 0.29) is 12.1 Å². The molecule has 3 heterocycles. The number of ether oxygens (including phenoxy) is 2. The zero-order valence-electron chi connectivity index (χ0n) is 15.0. The lowest BCUT2D eigenvalue weighted by atomic mass is 10.0. The molecule has 27 heavy (non-hydrogen) atoms. The summed E-state index contributed by atoms with van der Waals surface area (Å²) in [5.74, 6) is 0. The molecule has 1 saturated heterocycles. The maximum absolute atomic E-state index is 5.69. The first kappa shape index (κ1) is 16.3. The molecule has 1 aliphatic rings. The van der Waals surface area contributed by atoms with Crippen LogP contribution >= 0.6 is 0 Å². The number of furan rings is 1. The molecule has 5 nitrogen and oxygen atoms in total. The van der Waals surface area contributed by atoms with Crippen molar-refractivity contribution in [3.05, 3.63) is 67.2 Å². The van der Waals surface area contributed by atoms with E-state index < -0.39 is 0 Å². The lowest BCUT2D eigenvalue weighted by molar-refractivity contribution is 0.0688. The van der Waals surface area contributed by atoms with E-state index >= 15 is 0 Å². The molecule has 0 radical (unpaired) electrons. The van der Waals surface area contributed by atoms with E-state index in [1.807, 2.05) is 36.7 Å². The second kappa shape index (κ2) is 6.68. The fraction of sp³-hybridized carbons (Fsp3) is 0.227. The molecule has 0 saturated carbocycles. The van der Waals surface area contributed by atoms with Crippen LogP contribution in [0.15, 0.2) is 71.6 Å². The molecule has 2 aromatic heterocycles. The van der Waals surface area contributed by atoms with Gasteiger partial charge >= 0.3 is 0 Å². The van der Waals surface area contributed by atoms with Gasteiger partial charge in [-0.15, -0.1) is 0 Å². The Hall–Kier alpha value is -2.89. The van der Waals surface area contributed by atoms with E-state index in [0.29, 0.717) is 13.2 Å². The molecule has 1 aliphatic heterocycles. The first-order valence-electron chi connectivity index (χ1n) is 9.05. The van der Waals surface area contributed by atoms with Crippen LogP contribution in [-0.2, 0) is 9.47 Å². The Balaban J connectivity index is 1.71. The highest BCUT2D eigenvalue weighted by Gasteiger charge is 2.32. The van der Waals surface area contributed by atoms with E-state index in [1.54, 1.807) is 13.4 Å². The molecule has 0 bridgehead atoms. The number of hydrogen-bond donors (Lipinski definition) is 0. The van der Waals surface area contributed by atoms with Gasteiger partial charge in [-0.25, -0.2) is 4.98 Å². The zero-order valence-corrected chi connectivity index (χ0v) is 15.0. The van der Waals surface area contributed by atoms with Crippen LogP contribution in [0.4, 0.5) is 0 Å². The van der Waals surface area contributed by atoms with Crippen LogP contribution in [0.25, 0.3) is 33.5 Å². The highest BCUT2D eigenvalue weighted by atomic mass is 16.5. The minimum absolute atomic E-state index is 0.0132. The summed E-state index contributed by atoms with van der Waals surface area (Å²) in [5, 5.41) is 1.07. The summed E-state index contributed by atoms with van der Waals surface area (Å²) in [4.78, 5) is 4.77. The average Bonchev–Trinajstić information content (AvgIpc) is 3.45. The standard InChI is InChI=1S/C22H20N2O3/c1-25-20-13-26-12-18(20)24-14-23-21(15-5-3-2-4-6-15)22(24)17-7-8-19-16(11-17)9-10-27-19/h2-11,14,18,20H,12-13H2,1H3/t18-,20-/m1/s1. The van der Waals surface area contributed by atoms with E-state index in [0.717, 1.165) is 33.5 Å². The molecule has 1 fully saturated rings. The summed E-state index contributed by atoms with van der Waals surface area (Å²) in [5.41, 5.74) is 5.10. The number of methoxy groups -OCH3 is 1. The second-order valence-electron chi connectivity index (χ2n) is 6.77. The summed E-state index contributed by atoms with van der Waals surface area (Å²) >= 11 is 0. The third-order valence-electron chi connectivity index (χ3n) is 5.23. The number of imidazole rings is 1. The quantitative estimate of drug-likeness (QED) is 0.536. The Morgan fingerprint density at radius 3 is 2.78 bits per heavy atom. The smallest absolute Gasteiger partial charge is 0.133 e. The molecular weight excluding hydrogens is 340 g/mol. The van der Waals surface area contributed by atoms with Gasteiger partial charge < -0.3 is 18.5 Å². The molecule has 0 N–H and O–H groups in total. The maximum atomic E-state index is 5.69. The van der Waals surface area contributed by atoms with Crippen LogP contribution in [0.2, 0.25) is 0 Å². The van der Waals surface area contributed by atoms with Crippen LogP contribution in [-0.4, -0.2) is 36.0 Å². The van der Waals surface area contributed by atoms with E-state index in [2.05, 4.69) is 28.8 Å². The first-order chi connectivity index (χ1) is 13.3. The van der Waals surface area contributed by atoms with Gasteiger partial charge in [0.25, 0.3) is 0 Å². The monoisotopic (exact) mass is 360 g/mol. The van der Waals surface area contributed by atoms with Crippen molar-refractivity contribution in [2.45, 2.75) is 12.1 Å². The summed E-state index contributed by atoms with van der Waals surface area (Å²) < 4.78 is 19.0. The SMILES string of the molecule is CO[C@@H]1COC[C@H]1n1cnc(-c2ccccc2)c1-c1ccc2occc2c1. The molecule has 0 spiro atoms. The van der Waals surface area contributed by atoms with Crippen LogP contribution in [0.5, 0.6) is 0 Å². The largest absolute Gasteiger partial charge is 0.464 e. The van der Waals surface area contributed by atoms with Gasteiger partial charge in [0.15, 0.2) is 0 Å². The van der Waals surface area contributed by atoms with Crippen molar-refractivity contribution in [3.63, 3.8) is 0 Å². The van der Waals surface area contributed by atoms with Gasteiger partial charge in [0.1, 0.15) is 11.7 Å². The van der Waals surface area contributed by atoms with Gasteiger partial charge in [0, 0.05) is 23.6 Å². The Morgan fingerprint density at radius 1 is 1.04 bits per heavy atom. The Morgan fingerprint density at radius 2 is 1.93 bits per heavy atom. The maximum Gasteiger partial charge on any atom is 0.133 e. The highest BCUT2D eigenvalue weighted by Crippen LogP contribution is 2.37. The van der Waals surface area contributed by atoms with Crippen molar-refractivity contribution in [3.8, 4) is 22.5 Å². The van der Waals surface area contributed by atoms with Gasteiger partial charge in [-0.2, -0.15) is 0 Å². The summed E-state index contributed by atoms with van der Waals surface area (Å²) in [6.07, 6.45) is 3.64. The van der Waals surface area contributed by atoms with Crippen molar-refractivity contribution in [1.82, 2.24) is 9.55 Å². The van der Waals surface area contributed by atoms with Gasteiger partial charge in [0.05, 0.1) is 43.2 Å². The molecule has 0 aliphatic carbocycles. The molecule has 5 rings (SSSR count). The number of hydrogen-bond acceptors (Lipinski definition) is 4. The van der Waals surface area contributed by atoms with Crippen LogP contribution in [0.3, 0.4) is 0 Å². The van der Waals surface area contributed by atoms with Crippen LogP contribution in [0.1, 0.15) is 6.04 Å². The van der Waals surface area contributed by atoms with E-state index in [4.69, 9.17) is 18.9 Å². The Bertz CT molecular complexity index is 1070. The average molecular weight is 360 g/mol. The molecule has 2 atom stereocenters. The van der Waals surface area contributed by atoms with Gasteiger partial charge in [0.2, 0.25) is 0 Å². The van der Waals surface area contributed by atoms with E-state index in [1.165, 1.54) is 0 Å². The normalized spacial score (nSPS) is 19.7. The molecular formula is C22H20N2O3. The molecule has 136 valence electrons. The van der Waals surface area contributed by atoms with Gasteiger partial charge in [-0.3, -0.25) is 0 Å². The van der Waals surface area contributed by atoms with Crippen molar-refractivity contribution in [2.75, 3.05) is 20.3 Å². The molecule has 2 aromatic carbocycles. The van der Waals surface area contributed by atoms with Gasteiger partial charge in [-0.05, 0) is 24.3 Å². The minimum atomic E-state index is 0.0132. The predicted octanol–water partition coefficient (Wildman–Crippen LogP) is 4.55. The lowest BCUT2D eigenvalue weighted by Crippen LogP contribution is -2.24. The van der Waals surface area contributed by atoms with Crippen LogP contribution in [0, 0.1) is 0 Å². The highest BCUT2D eigenvalue weighted by molar-refractivity contribution is 5.87. The summed E-state index contributed by atoms with van der Waals surface area (Å²) in [6.45, 7) is 1.21. The molecule has 5 heteroatoms. The molecule has 0 unspecified atom stereocenters. The zero-order chi connectivity index (χ0) is 18.2. The van der Waals surface area contributed by atoms with Crippen molar-refractivity contribution in [1.29, 1.82) is 0 Å². The number of fused-ring (bicyclic) bond motifs is 1. The number of benzene rings is 2. The third kappa shape index (κ3) is 2.76. The topological polar surface area (TPSA) is 49.4 Å². The lowest BCUT2D eigenvalue weighted by Gasteiger charge is -2.21. The van der Waals surface area contributed by atoms with Crippen molar-refractivity contribution >= 4 is 11.0 Å². The fourth-order valence-corrected chi connectivity index (χ4v) is 3.83. The molecule has 4 aromatic rings. The number of aromatic nitrogens is 2. The second-order valence-corrected chi connectivity index (χ2v) is 6.77. The van der Waals surface area contributed by atoms with Crippen molar-refractivity contribution < 1.29 is 13.9 Å². The number of nitrogens with zero attached hydrogens (tertiary/aromatic N) is 2. The third-order valence-corrected chi connectivity index (χ3v) is 5.23. The van der Waals surface area contributed by atoms with Crippen LogP contribution < -0.4 is 0 Å². The Kier molecular flexibility index (Phi) is 4.03. The summed E-state index contributed by atoms with van der Waals surface area (Å²) in [6, 6.07) is 18.6. The van der Waals surface area contributed by atoms with Crippen molar-refractivity contribution in [2.24, 2.45) is 0 Å². The Labute approximate surface area is 157 Å². The van der Waals surface area contributed by atoms with Gasteiger partial charge in [-0.1, -0.05) is 30.3 Å². The van der Waals surface area contributed by atoms with E-state index in [9.17, 15) is 0 Å². The predicted molar refractivity (Wildman–Crippen MR) is 104 cm³/mol. The molecule has 0 amide bonds. The number of rotatable bonds is 4. The summed E-state index contributed by atoms with van der Waals surface area (Å²) in [7, 11) is 1.73.